The van der Waals surface area contributed by atoms with Crippen molar-refractivity contribution in [3.05, 3.63) is 36.8 Å². The van der Waals surface area contributed by atoms with Crippen molar-refractivity contribution in [2.75, 3.05) is 12.8 Å². The summed E-state index contributed by atoms with van der Waals surface area (Å²) in [5.74, 6) is 1.34. The van der Waals surface area contributed by atoms with E-state index in [1.807, 2.05) is 6.07 Å². The third kappa shape index (κ3) is 1.55. The first-order valence-electron chi connectivity index (χ1n) is 5.38. The van der Waals surface area contributed by atoms with Crippen molar-refractivity contribution in [2.24, 2.45) is 0 Å². The van der Waals surface area contributed by atoms with Crippen LogP contribution in [0.2, 0.25) is 0 Å². The SMILES string of the molecule is COc1cc(N)ccc1-c1nnc2ccncn12. The Kier molecular flexibility index (Phi) is 2.33. The number of nitrogens with zero attached hydrogens (tertiary/aromatic N) is 4. The standard InChI is InChI=1S/C12H11N5O/c1-18-10-6-8(13)2-3-9(10)12-16-15-11-4-5-14-7-17(11)12/h2-7H,13H2,1H3. The Morgan fingerprint density at radius 1 is 1.22 bits per heavy atom. The van der Waals surface area contributed by atoms with Crippen LogP contribution < -0.4 is 10.5 Å². The molecule has 6 heteroatoms. The molecule has 2 aromatic heterocycles. The van der Waals surface area contributed by atoms with Gasteiger partial charge >= 0.3 is 0 Å². The zero-order valence-electron chi connectivity index (χ0n) is 9.74. The van der Waals surface area contributed by atoms with E-state index < -0.39 is 0 Å². The summed E-state index contributed by atoms with van der Waals surface area (Å²) in [5, 5.41) is 8.24. The van der Waals surface area contributed by atoms with Crippen LogP contribution in [0.15, 0.2) is 36.8 Å². The van der Waals surface area contributed by atoms with Gasteiger partial charge in [-0.2, -0.15) is 0 Å². The number of nitrogen functional groups attached to an aromatic ring is 1. The number of benzene rings is 1. The Balaban J connectivity index is 2.26. The number of hydrogen-bond donors (Lipinski definition) is 1. The number of methoxy groups -OCH3 is 1. The van der Waals surface area contributed by atoms with Crippen molar-refractivity contribution in [3.63, 3.8) is 0 Å². The van der Waals surface area contributed by atoms with Crippen molar-refractivity contribution < 1.29 is 4.74 Å². The number of hydrogen-bond acceptors (Lipinski definition) is 5. The summed E-state index contributed by atoms with van der Waals surface area (Å²) in [6.07, 6.45) is 3.34. The lowest BCUT2D eigenvalue weighted by Gasteiger charge is -2.07. The first kappa shape index (κ1) is 10.5. The van der Waals surface area contributed by atoms with E-state index >= 15 is 0 Å². The van der Waals surface area contributed by atoms with Gasteiger partial charge in [-0.1, -0.05) is 0 Å². The molecule has 3 aromatic rings. The first-order valence-corrected chi connectivity index (χ1v) is 5.38. The smallest absolute Gasteiger partial charge is 0.173 e. The quantitative estimate of drug-likeness (QED) is 0.686. The van der Waals surface area contributed by atoms with Gasteiger partial charge in [0, 0.05) is 24.0 Å². The molecule has 0 bridgehead atoms. The van der Waals surface area contributed by atoms with Crippen molar-refractivity contribution in [3.8, 4) is 17.1 Å². The lowest BCUT2D eigenvalue weighted by Crippen LogP contribution is -1.95. The number of ether oxygens (including phenoxy) is 1. The van der Waals surface area contributed by atoms with Crippen LogP contribution in [0.5, 0.6) is 5.75 Å². The molecule has 0 fully saturated rings. The maximum Gasteiger partial charge on any atom is 0.173 e. The van der Waals surface area contributed by atoms with Gasteiger partial charge < -0.3 is 10.5 Å². The van der Waals surface area contributed by atoms with E-state index in [1.54, 1.807) is 42.2 Å². The van der Waals surface area contributed by atoms with Gasteiger partial charge in [0.2, 0.25) is 0 Å². The van der Waals surface area contributed by atoms with Crippen LogP contribution >= 0.6 is 0 Å². The average Bonchev–Trinajstić information content (AvgIpc) is 2.82. The fourth-order valence-corrected chi connectivity index (χ4v) is 1.82. The van der Waals surface area contributed by atoms with Crippen LogP contribution in [-0.2, 0) is 0 Å². The monoisotopic (exact) mass is 241 g/mol. The summed E-state index contributed by atoms with van der Waals surface area (Å²) in [4.78, 5) is 4.06. The molecule has 0 saturated heterocycles. The molecule has 90 valence electrons. The highest BCUT2D eigenvalue weighted by Crippen LogP contribution is 2.30. The van der Waals surface area contributed by atoms with E-state index in [-0.39, 0.29) is 0 Å². The Morgan fingerprint density at radius 3 is 2.94 bits per heavy atom. The fourth-order valence-electron chi connectivity index (χ4n) is 1.82. The fraction of sp³-hybridized carbons (Fsp3) is 0.0833. The van der Waals surface area contributed by atoms with E-state index in [2.05, 4.69) is 15.2 Å². The molecule has 0 aliphatic rings. The van der Waals surface area contributed by atoms with E-state index in [0.29, 0.717) is 17.3 Å². The second kappa shape index (κ2) is 3.99. The minimum atomic E-state index is 0.641. The lowest BCUT2D eigenvalue weighted by atomic mass is 10.1. The summed E-state index contributed by atoms with van der Waals surface area (Å²) in [6, 6.07) is 7.21. The molecule has 0 saturated carbocycles. The normalized spacial score (nSPS) is 10.7. The second-order valence-electron chi connectivity index (χ2n) is 3.79. The summed E-state index contributed by atoms with van der Waals surface area (Å²) in [5.41, 5.74) is 7.94. The Hall–Kier alpha value is -2.63. The molecule has 2 N–H and O–H groups in total. The third-order valence-corrected chi connectivity index (χ3v) is 2.68. The molecule has 0 aliphatic carbocycles. The molecule has 0 aliphatic heterocycles. The molecule has 0 radical (unpaired) electrons. The van der Waals surface area contributed by atoms with Gasteiger partial charge in [0.1, 0.15) is 12.1 Å². The van der Waals surface area contributed by atoms with Crippen LogP contribution in [0, 0.1) is 0 Å². The van der Waals surface area contributed by atoms with Crippen LogP contribution in [0.1, 0.15) is 0 Å². The Bertz CT molecular complexity index is 707. The van der Waals surface area contributed by atoms with E-state index in [9.17, 15) is 0 Å². The van der Waals surface area contributed by atoms with Crippen LogP contribution in [0.25, 0.3) is 17.0 Å². The Labute approximate surface area is 103 Å². The van der Waals surface area contributed by atoms with Gasteiger partial charge in [-0.3, -0.25) is 4.40 Å². The second-order valence-corrected chi connectivity index (χ2v) is 3.79. The highest BCUT2D eigenvalue weighted by Gasteiger charge is 2.12. The summed E-state index contributed by atoms with van der Waals surface area (Å²) in [7, 11) is 1.60. The zero-order chi connectivity index (χ0) is 12.5. The first-order chi connectivity index (χ1) is 8.79. The van der Waals surface area contributed by atoms with E-state index in [0.717, 1.165) is 11.2 Å². The minimum absolute atomic E-state index is 0.641. The van der Waals surface area contributed by atoms with Gasteiger partial charge in [0.15, 0.2) is 11.5 Å². The summed E-state index contributed by atoms with van der Waals surface area (Å²) >= 11 is 0. The number of nitrogens with two attached hydrogens (primary N) is 1. The molecular formula is C12H11N5O. The van der Waals surface area contributed by atoms with Gasteiger partial charge in [0.25, 0.3) is 0 Å². The number of rotatable bonds is 2. The highest BCUT2D eigenvalue weighted by molar-refractivity contribution is 5.69. The predicted octanol–water partition coefficient (Wildman–Crippen LogP) is 1.38. The Morgan fingerprint density at radius 2 is 2.11 bits per heavy atom. The maximum atomic E-state index is 5.73. The molecule has 6 nitrogen and oxygen atoms in total. The molecule has 2 heterocycles. The van der Waals surface area contributed by atoms with Crippen molar-refractivity contribution >= 4 is 11.3 Å². The average molecular weight is 241 g/mol. The third-order valence-electron chi connectivity index (χ3n) is 2.68. The lowest BCUT2D eigenvalue weighted by molar-refractivity contribution is 0.416. The molecule has 0 amide bonds. The van der Waals surface area contributed by atoms with Crippen LogP contribution in [0.4, 0.5) is 5.69 Å². The van der Waals surface area contributed by atoms with E-state index in [4.69, 9.17) is 10.5 Å². The van der Waals surface area contributed by atoms with Gasteiger partial charge in [-0.05, 0) is 12.1 Å². The molecule has 1 aromatic carbocycles. The van der Waals surface area contributed by atoms with Crippen molar-refractivity contribution in [2.45, 2.75) is 0 Å². The predicted molar refractivity (Wildman–Crippen MR) is 67.2 cm³/mol. The van der Waals surface area contributed by atoms with E-state index in [1.165, 1.54) is 0 Å². The number of aromatic nitrogens is 4. The van der Waals surface area contributed by atoms with Crippen LogP contribution in [0.3, 0.4) is 0 Å². The van der Waals surface area contributed by atoms with Crippen LogP contribution in [-0.4, -0.2) is 26.7 Å². The molecular weight excluding hydrogens is 230 g/mol. The summed E-state index contributed by atoms with van der Waals surface area (Å²) < 4.78 is 7.12. The number of anilines is 1. The summed E-state index contributed by atoms with van der Waals surface area (Å²) in [6.45, 7) is 0. The molecule has 0 spiro atoms. The molecule has 3 rings (SSSR count). The molecule has 18 heavy (non-hydrogen) atoms. The number of fused-ring (bicyclic) bond motifs is 1. The topological polar surface area (TPSA) is 78.3 Å². The largest absolute Gasteiger partial charge is 0.496 e. The zero-order valence-corrected chi connectivity index (χ0v) is 9.74. The van der Waals surface area contributed by atoms with Gasteiger partial charge in [-0.15, -0.1) is 10.2 Å². The molecule has 0 unspecified atom stereocenters. The van der Waals surface area contributed by atoms with Gasteiger partial charge in [0.05, 0.1) is 12.7 Å². The van der Waals surface area contributed by atoms with Crippen molar-refractivity contribution in [1.82, 2.24) is 19.6 Å². The maximum absolute atomic E-state index is 5.73. The molecule has 0 atom stereocenters. The minimum Gasteiger partial charge on any atom is -0.496 e. The van der Waals surface area contributed by atoms with Gasteiger partial charge in [-0.25, -0.2) is 4.98 Å². The highest BCUT2D eigenvalue weighted by atomic mass is 16.5. The van der Waals surface area contributed by atoms with Crippen molar-refractivity contribution in [1.29, 1.82) is 0 Å².